The molecule has 4 aliphatic carbocycles. The lowest BCUT2D eigenvalue weighted by atomic mass is 9.32. The summed E-state index contributed by atoms with van der Waals surface area (Å²) >= 11 is 1.84. The average Bonchev–Trinajstić information content (AvgIpc) is 3.50. The monoisotopic (exact) mass is 531 g/mol. The van der Waals surface area contributed by atoms with E-state index in [1.807, 2.05) is 18.4 Å². The molecule has 1 unspecified atom stereocenters. The van der Waals surface area contributed by atoms with Gasteiger partial charge in [-0.15, -0.1) is 11.3 Å². The molecule has 6 heteroatoms. The highest BCUT2D eigenvalue weighted by atomic mass is 32.1. The lowest BCUT2D eigenvalue weighted by molar-refractivity contribution is -0.313. The number of rotatable bonds is 6. The van der Waals surface area contributed by atoms with Crippen molar-refractivity contribution in [1.29, 1.82) is 0 Å². The summed E-state index contributed by atoms with van der Waals surface area (Å²) in [7, 11) is 6.03. The molecule has 2 spiro atoms. The van der Waals surface area contributed by atoms with E-state index in [4.69, 9.17) is 18.9 Å². The molecule has 0 N–H and O–H groups in total. The molecule has 6 atom stereocenters. The summed E-state index contributed by atoms with van der Waals surface area (Å²) in [6.45, 7) is 4.83. The number of thiophene rings is 1. The minimum atomic E-state index is -0.409. The van der Waals surface area contributed by atoms with Crippen molar-refractivity contribution < 1.29 is 18.9 Å². The first-order chi connectivity index (χ1) is 18.4. The van der Waals surface area contributed by atoms with E-state index in [0.29, 0.717) is 19.3 Å². The third kappa shape index (κ3) is 2.59. The fraction of sp³-hybridized carbons (Fsp3) is 0.562. The molecule has 4 fully saturated rings. The number of nitrogens with zero attached hydrogens (tertiary/aromatic N) is 1. The molecule has 4 bridgehead atoms. The maximum atomic E-state index is 7.14. The first-order valence-electron chi connectivity index (χ1n) is 14.1. The molecule has 5 nitrogen and oxygen atoms in total. The second-order valence-electron chi connectivity index (χ2n) is 12.8. The molecule has 2 aliphatic heterocycles. The van der Waals surface area contributed by atoms with Crippen molar-refractivity contribution in [2.75, 3.05) is 34.4 Å². The minimum absolute atomic E-state index is 0.0259. The average molecular weight is 532 g/mol. The highest BCUT2D eigenvalue weighted by Crippen LogP contribution is 2.78. The Balaban J connectivity index is 1.21. The van der Waals surface area contributed by atoms with Gasteiger partial charge in [-0.1, -0.05) is 31.2 Å². The van der Waals surface area contributed by atoms with Crippen molar-refractivity contribution in [3.63, 3.8) is 0 Å². The largest absolute Gasteiger partial charge is 0.493 e. The van der Waals surface area contributed by atoms with Crippen molar-refractivity contribution in [3.05, 3.63) is 58.5 Å². The Bertz CT molecular complexity index is 1420. The van der Waals surface area contributed by atoms with E-state index in [1.165, 1.54) is 32.5 Å². The lowest BCUT2D eigenvalue weighted by Gasteiger charge is -2.76. The summed E-state index contributed by atoms with van der Waals surface area (Å²) < 4.78 is 27.7. The number of fused-ring (bicyclic) bond motifs is 3. The second-order valence-corrected chi connectivity index (χ2v) is 13.9. The van der Waals surface area contributed by atoms with Gasteiger partial charge in [-0.3, -0.25) is 0 Å². The zero-order valence-corrected chi connectivity index (χ0v) is 23.7. The normalized spacial score (nSPS) is 38.3. The minimum Gasteiger partial charge on any atom is -0.493 e. The molecule has 1 saturated heterocycles. The van der Waals surface area contributed by atoms with E-state index in [-0.39, 0.29) is 22.3 Å². The van der Waals surface area contributed by atoms with Crippen LogP contribution in [0.4, 0.5) is 0 Å². The molecule has 3 aromatic rings. The summed E-state index contributed by atoms with van der Waals surface area (Å²) in [5.41, 5.74) is 2.45. The highest BCUT2D eigenvalue weighted by molar-refractivity contribution is 7.19. The van der Waals surface area contributed by atoms with E-state index in [0.717, 1.165) is 43.7 Å². The number of likely N-dealkylation sites (N-methyl/N-ethyl adjacent to an activating group) is 1. The van der Waals surface area contributed by atoms with E-state index < -0.39 is 5.60 Å². The van der Waals surface area contributed by atoms with Gasteiger partial charge < -0.3 is 23.8 Å². The maximum Gasteiger partial charge on any atom is 0.165 e. The first kappa shape index (κ1) is 23.7. The Morgan fingerprint density at radius 2 is 1.97 bits per heavy atom. The van der Waals surface area contributed by atoms with Gasteiger partial charge in [-0.2, -0.15) is 0 Å². The summed E-state index contributed by atoms with van der Waals surface area (Å²) in [5.74, 6) is 1.86. The van der Waals surface area contributed by atoms with Crippen molar-refractivity contribution >= 4 is 21.4 Å². The number of hydrogen-bond acceptors (Lipinski definition) is 6. The van der Waals surface area contributed by atoms with Gasteiger partial charge in [0.15, 0.2) is 11.5 Å². The van der Waals surface area contributed by atoms with E-state index in [1.54, 1.807) is 7.11 Å². The van der Waals surface area contributed by atoms with Gasteiger partial charge in [0.1, 0.15) is 11.7 Å². The second kappa shape index (κ2) is 7.75. The van der Waals surface area contributed by atoms with Gasteiger partial charge in [0.2, 0.25) is 0 Å². The fourth-order valence-electron chi connectivity index (χ4n) is 10.1. The number of piperidine rings is 1. The fourth-order valence-corrected chi connectivity index (χ4v) is 11.1. The van der Waals surface area contributed by atoms with Gasteiger partial charge >= 0.3 is 0 Å². The van der Waals surface area contributed by atoms with Gasteiger partial charge in [-0.05, 0) is 74.8 Å². The van der Waals surface area contributed by atoms with Crippen LogP contribution in [0.15, 0.2) is 42.5 Å². The summed E-state index contributed by atoms with van der Waals surface area (Å²) in [4.78, 5) is 3.93. The van der Waals surface area contributed by atoms with Gasteiger partial charge in [0.25, 0.3) is 0 Å². The Hall–Kier alpha value is -2.12. The predicted molar refractivity (Wildman–Crippen MR) is 149 cm³/mol. The SMILES string of the molecule is COc1ccc2c3c1O[C@H]1C4(OC)CC[C@@]5(C[C@]4(C)COCc4cc6ccccc6s4)[C@@H](C2)N(C)CC[C@]315. The molecule has 200 valence electrons. The van der Waals surface area contributed by atoms with Gasteiger partial charge in [0, 0.05) is 44.5 Å². The molecule has 9 rings (SSSR count). The zero-order chi connectivity index (χ0) is 25.9. The highest BCUT2D eigenvalue weighted by Gasteiger charge is 2.82. The predicted octanol–water partition coefficient (Wildman–Crippen LogP) is 5.96. The number of likely N-dealkylation sites (tertiary alicyclic amines) is 1. The Morgan fingerprint density at radius 1 is 1.11 bits per heavy atom. The third-order valence-corrected chi connectivity index (χ3v) is 12.6. The van der Waals surface area contributed by atoms with Crippen LogP contribution in [0, 0.1) is 10.8 Å². The summed E-state index contributed by atoms with van der Waals surface area (Å²) in [6, 6.07) is 15.8. The Labute approximate surface area is 229 Å². The first-order valence-corrected chi connectivity index (χ1v) is 14.9. The molecule has 3 saturated carbocycles. The smallest absolute Gasteiger partial charge is 0.165 e. The van der Waals surface area contributed by atoms with Crippen LogP contribution < -0.4 is 9.47 Å². The molecule has 1 aromatic heterocycles. The summed E-state index contributed by atoms with van der Waals surface area (Å²) in [6.07, 6.45) is 5.46. The molecule has 0 radical (unpaired) electrons. The number of methoxy groups -OCH3 is 2. The van der Waals surface area contributed by atoms with Crippen LogP contribution in [-0.4, -0.2) is 57.1 Å². The van der Waals surface area contributed by atoms with Crippen molar-refractivity contribution in [2.24, 2.45) is 10.8 Å². The topological polar surface area (TPSA) is 40.2 Å². The number of hydrogen-bond donors (Lipinski definition) is 0. The lowest BCUT2D eigenvalue weighted by Crippen LogP contribution is -2.83. The standard InChI is InChI=1S/C32H37NO4S/c1-29(19-36-17-22-15-20-7-5-6-8-24(20)38-22)18-30-11-12-32(29,35-4)28-31(30)13-14-33(2)25(30)16-21-9-10-23(34-3)27(37-28)26(21)31/h5-10,15,25,28H,11-14,16-19H2,1-4H3/t25-,28-,29-,30-,31+,32?/m1/s1. The van der Waals surface area contributed by atoms with E-state index >= 15 is 0 Å². The Morgan fingerprint density at radius 3 is 2.79 bits per heavy atom. The van der Waals surface area contributed by atoms with Gasteiger partial charge in [-0.25, -0.2) is 0 Å². The molecule has 38 heavy (non-hydrogen) atoms. The Kier molecular flexibility index (Phi) is 4.84. The van der Waals surface area contributed by atoms with Crippen LogP contribution in [-0.2, 0) is 27.9 Å². The van der Waals surface area contributed by atoms with E-state index in [2.05, 4.69) is 61.3 Å². The van der Waals surface area contributed by atoms with Gasteiger partial charge in [0.05, 0.1) is 20.3 Å². The molecule has 3 heterocycles. The molecular formula is C32H37NO4S. The third-order valence-electron chi connectivity index (χ3n) is 11.5. The van der Waals surface area contributed by atoms with Crippen molar-refractivity contribution in [2.45, 2.75) is 68.8 Å². The molecule has 6 aliphatic rings. The van der Waals surface area contributed by atoms with Crippen LogP contribution >= 0.6 is 11.3 Å². The molecule has 2 aromatic carbocycles. The van der Waals surface area contributed by atoms with Crippen LogP contribution in [0.5, 0.6) is 11.5 Å². The van der Waals surface area contributed by atoms with Crippen LogP contribution in [0.1, 0.15) is 48.6 Å². The quantitative estimate of drug-likeness (QED) is 0.393. The van der Waals surface area contributed by atoms with E-state index in [9.17, 15) is 0 Å². The molecule has 0 amide bonds. The van der Waals surface area contributed by atoms with Crippen molar-refractivity contribution in [3.8, 4) is 11.5 Å². The van der Waals surface area contributed by atoms with Crippen LogP contribution in [0.2, 0.25) is 0 Å². The molecular weight excluding hydrogens is 494 g/mol. The zero-order valence-electron chi connectivity index (χ0n) is 22.8. The number of benzene rings is 2. The van der Waals surface area contributed by atoms with Crippen LogP contribution in [0.3, 0.4) is 0 Å². The van der Waals surface area contributed by atoms with Crippen LogP contribution in [0.25, 0.3) is 10.1 Å². The maximum absolute atomic E-state index is 7.14. The summed E-state index contributed by atoms with van der Waals surface area (Å²) in [5, 5.41) is 1.30. The number of ether oxygens (including phenoxy) is 4. The van der Waals surface area contributed by atoms with Crippen molar-refractivity contribution in [1.82, 2.24) is 4.90 Å².